The fraction of sp³-hybridized carbons (Fsp3) is 0.500. The molecule has 1 fully saturated rings. The zero-order chi connectivity index (χ0) is 14.7. The highest BCUT2D eigenvalue weighted by atomic mass is 15.2. The highest BCUT2D eigenvalue weighted by Crippen LogP contribution is 2.38. The third kappa shape index (κ3) is 3.09. The van der Waals surface area contributed by atoms with Gasteiger partial charge in [-0.25, -0.2) is 0 Å². The maximum atomic E-state index is 5.90. The predicted molar refractivity (Wildman–Crippen MR) is 87.5 cm³/mol. The van der Waals surface area contributed by atoms with Gasteiger partial charge in [0.1, 0.15) is 0 Å². The molecule has 1 aromatic carbocycles. The van der Waals surface area contributed by atoms with Gasteiger partial charge in [0.15, 0.2) is 0 Å². The van der Waals surface area contributed by atoms with Crippen LogP contribution in [0.3, 0.4) is 0 Å². The Kier molecular flexibility index (Phi) is 4.51. The molecule has 1 saturated carbocycles. The highest BCUT2D eigenvalue weighted by Gasteiger charge is 2.28. The van der Waals surface area contributed by atoms with Crippen molar-refractivity contribution in [3.8, 4) is 0 Å². The van der Waals surface area contributed by atoms with Crippen molar-refractivity contribution in [3.05, 3.63) is 42.1 Å². The van der Waals surface area contributed by atoms with Gasteiger partial charge in [0.25, 0.3) is 0 Å². The fourth-order valence-electron chi connectivity index (χ4n) is 3.80. The number of hydrazine groups is 1. The summed E-state index contributed by atoms with van der Waals surface area (Å²) in [6.45, 7) is 2.31. The van der Waals surface area contributed by atoms with Gasteiger partial charge >= 0.3 is 0 Å². The molecule has 3 N–H and O–H groups in total. The topological polar surface area (TPSA) is 50.9 Å². The number of rotatable bonds is 4. The molecule has 1 aliphatic rings. The average molecular weight is 283 g/mol. The second kappa shape index (κ2) is 6.54. The zero-order valence-electron chi connectivity index (χ0n) is 12.8. The normalized spacial score (nSPS) is 24.1. The van der Waals surface area contributed by atoms with Crippen LogP contribution in [0.15, 0.2) is 36.5 Å². The van der Waals surface area contributed by atoms with Crippen molar-refractivity contribution in [1.82, 2.24) is 10.4 Å². The third-order valence-electron chi connectivity index (χ3n) is 5.04. The van der Waals surface area contributed by atoms with Crippen molar-refractivity contribution in [2.24, 2.45) is 17.7 Å². The Bertz CT molecular complexity index is 596. The van der Waals surface area contributed by atoms with E-state index in [2.05, 4.69) is 41.6 Å². The Morgan fingerprint density at radius 3 is 3.05 bits per heavy atom. The molecule has 21 heavy (non-hydrogen) atoms. The molecule has 0 saturated heterocycles. The first-order chi connectivity index (χ1) is 10.3. The molecule has 1 aliphatic carbocycles. The van der Waals surface area contributed by atoms with E-state index < -0.39 is 0 Å². The number of hydrogen-bond acceptors (Lipinski definition) is 3. The van der Waals surface area contributed by atoms with Crippen LogP contribution in [0.2, 0.25) is 0 Å². The predicted octanol–water partition coefficient (Wildman–Crippen LogP) is 3.96. The molecular formula is C18H25N3. The van der Waals surface area contributed by atoms with Crippen LogP contribution in [0.4, 0.5) is 0 Å². The first-order valence-corrected chi connectivity index (χ1v) is 8.12. The molecule has 0 spiro atoms. The van der Waals surface area contributed by atoms with Gasteiger partial charge in [-0.05, 0) is 48.4 Å². The lowest BCUT2D eigenvalue weighted by Gasteiger charge is -2.34. The molecule has 1 aromatic heterocycles. The van der Waals surface area contributed by atoms with Gasteiger partial charge in [-0.2, -0.15) is 0 Å². The fourth-order valence-corrected chi connectivity index (χ4v) is 3.80. The first kappa shape index (κ1) is 14.5. The average Bonchev–Trinajstić information content (AvgIpc) is 2.56. The number of hydrogen-bond donors (Lipinski definition) is 2. The van der Waals surface area contributed by atoms with Crippen LogP contribution in [0.1, 0.15) is 50.6 Å². The van der Waals surface area contributed by atoms with Crippen LogP contribution in [-0.4, -0.2) is 4.98 Å². The molecular weight excluding hydrogens is 258 g/mol. The summed E-state index contributed by atoms with van der Waals surface area (Å²) in [7, 11) is 0. The van der Waals surface area contributed by atoms with E-state index in [0.717, 1.165) is 11.4 Å². The molecule has 0 bridgehead atoms. The number of nitrogens with two attached hydrogens (primary N) is 1. The van der Waals surface area contributed by atoms with E-state index >= 15 is 0 Å². The minimum absolute atomic E-state index is 0.254. The third-order valence-corrected chi connectivity index (χ3v) is 5.04. The molecule has 112 valence electrons. The number of nitrogens with one attached hydrogen (secondary N) is 1. The highest BCUT2D eigenvalue weighted by molar-refractivity contribution is 5.79. The van der Waals surface area contributed by atoms with Gasteiger partial charge in [0.2, 0.25) is 0 Å². The first-order valence-electron chi connectivity index (χ1n) is 8.12. The van der Waals surface area contributed by atoms with Crippen molar-refractivity contribution in [1.29, 1.82) is 0 Å². The van der Waals surface area contributed by atoms with Gasteiger partial charge in [-0.3, -0.25) is 16.3 Å². The van der Waals surface area contributed by atoms with Crippen LogP contribution in [0, 0.1) is 11.8 Å². The van der Waals surface area contributed by atoms with Crippen molar-refractivity contribution in [2.45, 2.75) is 45.1 Å². The molecule has 0 radical (unpaired) electrons. The summed E-state index contributed by atoms with van der Waals surface area (Å²) < 4.78 is 0. The lowest BCUT2D eigenvalue weighted by Crippen LogP contribution is -2.35. The summed E-state index contributed by atoms with van der Waals surface area (Å²) in [5, 5.41) is 1.19. The molecule has 3 atom stereocenters. The zero-order valence-corrected chi connectivity index (χ0v) is 12.8. The Labute approximate surface area is 126 Å². The molecule has 1 heterocycles. The maximum absolute atomic E-state index is 5.90. The van der Waals surface area contributed by atoms with Gasteiger partial charge in [0, 0.05) is 17.6 Å². The van der Waals surface area contributed by atoms with Gasteiger partial charge in [0.05, 0.1) is 5.52 Å². The van der Waals surface area contributed by atoms with Crippen molar-refractivity contribution in [3.63, 3.8) is 0 Å². The molecule has 3 nitrogen and oxygen atoms in total. The molecule has 3 unspecified atom stereocenters. The summed E-state index contributed by atoms with van der Waals surface area (Å²) in [4.78, 5) is 4.39. The summed E-state index contributed by atoms with van der Waals surface area (Å²) in [6, 6.07) is 10.9. The number of aromatic nitrogens is 1. The minimum Gasteiger partial charge on any atom is -0.271 e. The molecule has 3 heteroatoms. The summed E-state index contributed by atoms with van der Waals surface area (Å²) in [6.07, 6.45) is 8.40. The molecule has 0 aliphatic heterocycles. The Morgan fingerprint density at radius 2 is 2.24 bits per heavy atom. The van der Waals surface area contributed by atoms with Crippen molar-refractivity contribution in [2.75, 3.05) is 0 Å². The second-order valence-corrected chi connectivity index (χ2v) is 6.30. The van der Waals surface area contributed by atoms with Gasteiger partial charge < -0.3 is 0 Å². The van der Waals surface area contributed by atoms with Crippen LogP contribution < -0.4 is 11.3 Å². The smallest absolute Gasteiger partial charge is 0.0702 e. The van der Waals surface area contributed by atoms with Gasteiger partial charge in [-0.15, -0.1) is 0 Å². The second-order valence-electron chi connectivity index (χ2n) is 6.30. The summed E-state index contributed by atoms with van der Waals surface area (Å²) >= 11 is 0. The molecule has 0 amide bonds. The van der Waals surface area contributed by atoms with E-state index in [0.29, 0.717) is 5.92 Å². The SMILES string of the molecule is CCC1CCCC(C(NN)c2ccc3ncccc3c2)C1. The Morgan fingerprint density at radius 1 is 1.33 bits per heavy atom. The van der Waals surface area contributed by atoms with Gasteiger partial charge in [-0.1, -0.05) is 38.3 Å². The van der Waals surface area contributed by atoms with Crippen molar-refractivity contribution >= 4 is 10.9 Å². The summed E-state index contributed by atoms with van der Waals surface area (Å²) in [5.74, 6) is 7.41. The largest absolute Gasteiger partial charge is 0.271 e. The molecule has 3 rings (SSSR count). The van der Waals surface area contributed by atoms with Crippen LogP contribution >= 0.6 is 0 Å². The van der Waals surface area contributed by atoms with E-state index in [1.54, 1.807) is 0 Å². The lowest BCUT2D eigenvalue weighted by atomic mass is 9.75. The minimum atomic E-state index is 0.254. The van der Waals surface area contributed by atoms with Crippen LogP contribution in [0.5, 0.6) is 0 Å². The van der Waals surface area contributed by atoms with E-state index in [-0.39, 0.29) is 6.04 Å². The van der Waals surface area contributed by atoms with Crippen LogP contribution in [-0.2, 0) is 0 Å². The van der Waals surface area contributed by atoms with Crippen molar-refractivity contribution < 1.29 is 0 Å². The monoisotopic (exact) mass is 283 g/mol. The Balaban J connectivity index is 1.86. The lowest BCUT2D eigenvalue weighted by molar-refractivity contribution is 0.210. The van der Waals surface area contributed by atoms with Crippen LogP contribution in [0.25, 0.3) is 10.9 Å². The summed E-state index contributed by atoms with van der Waals surface area (Å²) in [5.41, 5.74) is 5.42. The number of fused-ring (bicyclic) bond motifs is 1. The number of benzene rings is 1. The van der Waals surface area contributed by atoms with E-state index in [1.807, 2.05) is 12.3 Å². The number of pyridine rings is 1. The molecule has 2 aromatic rings. The maximum Gasteiger partial charge on any atom is 0.0702 e. The van der Waals surface area contributed by atoms with E-state index in [4.69, 9.17) is 5.84 Å². The number of nitrogens with zero attached hydrogens (tertiary/aromatic N) is 1. The van der Waals surface area contributed by atoms with E-state index in [9.17, 15) is 0 Å². The standard InChI is InChI=1S/C18H25N3/c1-2-13-5-3-6-15(11-13)18(21-19)16-8-9-17-14(12-16)7-4-10-20-17/h4,7-10,12-13,15,18,21H,2-3,5-6,11,19H2,1H3. The van der Waals surface area contributed by atoms with E-state index in [1.165, 1.54) is 43.1 Å². The quantitative estimate of drug-likeness (QED) is 0.659. The Hall–Kier alpha value is -1.45.